The van der Waals surface area contributed by atoms with Crippen LogP contribution < -0.4 is 9.47 Å². The lowest BCUT2D eigenvalue weighted by molar-refractivity contribution is -0.149. The molecule has 2 aliphatic rings. The fraction of sp³-hybridized carbons (Fsp3) is 0.650. The molecule has 2 fully saturated rings. The van der Waals surface area contributed by atoms with Gasteiger partial charge in [-0.3, -0.25) is 9.69 Å². The first-order valence-electron chi connectivity index (χ1n) is 9.54. The number of carboxylic acids is 1. The van der Waals surface area contributed by atoms with Gasteiger partial charge in [0.1, 0.15) is 0 Å². The number of hydrogen-bond donors (Lipinski definition) is 1. The lowest BCUT2D eigenvalue weighted by Gasteiger charge is -2.23. The Morgan fingerprint density at radius 1 is 1.38 bits per heavy atom. The van der Waals surface area contributed by atoms with Crippen molar-refractivity contribution in [3.05, 3.63) is 22.7 Å². The largest absolute Gasteiger partial charge is 0.490 e. The number of ether oxygens (including phenoxy) is 2. The van der Waals surface area contributed by atoms with E-state index < -0.39 is 11.4 Å². The molecular formula is C20H28ClNO4. The number of carboxylic acid groups (broad SMARTS) is 1. The molecule has 1 saturated carbocycles. The topological polar surface area (TPSA) is 59.0 Å². The first-order valence-corrected chi connectivity index (χ1v) is 9.91. The van der Waals surface area contributed by atoms with Crippen molar-refractivity contribution in [1.29, 1.82) is 0 Å². The van der Waals surface area contributed by atoms with Gasteiger partial charge in [-0.05, 0) is 49.8 Å². The van der Waals surface area contributed by atoms with Crippen molar-refractivity contribution >= 4 is 17.6 Å². The number of benzene rings is 1. The summed E-state index contributed by atoms with van der Waals surface area (Å²) >= 11 is 6.45. The monoisotopic (exact) mass is 381 g/mol. The van der Waals surface area contributed by atoms with Crippen LogP contribution in [0.15, 0.2) is 12.1 Å². The Kier molecular flexibility index (Phi) is 5.98. The van der Waals surface area contributed by atoms with Crippen molar-refractivity contribution in [2.24, 2.45) is 11.3 Å². The minimum atomic E-state index is -0.640. The molecule has 1 N–H and O–H groups in total. The van der Waals surface area contributed by atoms with E-state index in [1.54, 1.807) is 0 Å². The predicted octanol–water partition coefficient (Wildman–Crippen LogP) is 4.21. The van der Waals surface area contributed by atoms with Gasteiger partial charge in [0.2, 0.25) is 0 Å². The van der Waals surface area contributed by atoms with E-state index in [0.717, 1.165) is 37.8 Å². The summed E-state index contributed by atoms with van der Waals surface area (Å²) in [5.41, 5.74) is 0.472. The van der Waals surface area contributed by atoms with Gasteiger partial charge in [-0.15, -0.1) is 0 Å². The zero-order valence-electron chi connectivity index (χ0n) is 15.6. The highest BCUT2D eigenvalue weighted by molar-refractivity contribution is 6.32. The van der Waals surface area contributed by atoms with Crippen molar-refractivity contribution in [2.45, 2.75) is 46.1 Å². The van der Waals surface area contributed by atoms with Crippen molar-refractivity contribution in [3.8, 4) is 11.5 Å². The molecule has 26 heavy (non-hydrogen) atoms. The Labute approximate surface area is 160 Å². The van der Waals surface area contributed by atoms with Gasteiger partial charge in [0.15, 0.2) is 11.5 Å². The minimum absolute atomic E-state index is 0.258. The quantitative estimate of drug-likeness (QED) is 0.730. The van der Waals surface area contributed by atoms with Crippen LogP contribution >= 0.6 is 11.6 Å². The molecular weight excluding hydrogens is 354 g/mol. The zero-order valence-corrected chi connectivity index (χ0v) is 16.3. The number of nitrogens with zero attached hydrogens (tertiary/aromatic N) is 1. The summed E-state index contributed by atoms with van der Waals surface area (Å²) in [6.45, 7) is 7.24. The number of hydrogen-bond acceptors (Lipinski definition) is 4. The zero-order chi connectivity index (χ0) is 18.7. The normalized spacial score (nSPS) is 25.3. The van der Waals surface area contributed by atoms with Gasteiger partial charge < -0.3 is 14.6 Å². The molecule has 0 aromatic heterocycles. The molecule has 144 valence electrons. The van der Waals surface area contributed by atoms with E-state index >= 15 is 0 Å². The Bertz CT molecular complexity index is 665. The number of likely N-dealkylation sites (tertiary alicyclic amines) is 1. The van der Waals surface area contributed by atoms with Gasteiger partial charge in [0.25, 0.3) is 0 Å². The summed E-state index contributed by atoms with van der Waals surface area (Å²) in [7, 11) is 0. The van der Waals surface area contributed by atoms with Gasteiger partial charge >= 0.3 is 5.97 Å². The number of rotatable bonds is 8. The first kappa shape index (κ1) is 19.3. The maximum atomic E-state index is 11.9. The highest BCUT2D eigenvalue weighted by Gasteiger charge is 2.54. The van der Waals surface area contributed by atoms with Gasteiger partial charge in [0.05, 0.1) is 23.7 Å². The third-order valence-corrected chi connectivity index (χ3v) is 5.87. The van der Waals surface area contributed by atoms with Gasteiger partial charge in [0, 0.05) is 19.6 Å². The molecule has 0 spiro atoms. The van der Waals surface area contributed by atoms with Crippen LogP contribution in [0.5, 0.6) is 11.5 Å². The molecule has 2 atom stereocenters. The van der Waals surface area contributed by atoms with E-state index in [1.165, 1.54) is 0 Å². The van der Waals surface area contributed by atoms with E-state index in [0.29, 0.717) is 42.8 Å². The fourth-order valence-electron chi connectivity index (χ4n) is 4.44. The smallest absolute Gasteiger partial charge is 0.311 e. The lowest BCUT2D eigenvalue weighted by Crippen LogP contribution is -2.35. The van der Waals surface area contributed by atoms with Gasteiger partial charge in [-0.1, -0.05) is 24.9 Å². The molecule has 1 aliphatic carbocycles. The second-order valence-corrected chi connectivity index (χ2v) is 7.81. The Balaban J connectivity index is 1.77. The summed E-state index contributed by atoms with van der Waals surface area (Å²) < 4.78 is 11.5. The van der Waals surface area contributed by atoms with E-state index in [4.69, 9.17) is 21.1 Å². The van der Waals surface area contributed by atoms with E-state index in [2.05, 4.69) is 4.90 Å². The Hall–Kier alpha value is -1.46. The summed E-state index contributed by atoms with van der Waals surface area (Å²) in [6.07, 6.45) is 3.72. The molecule has 0 amide bonds. The van der Waals surface area contributed by atoms with Crippen LogP contribution in [0.2, 0.25) is 5.02 Å². The number of aliphatic carboxylic acids is 1. The predicted molar refractivity (Wildman–Crippen MR) is 101 cm³/mol. The van der Waals surface area contributed by atoms with Crippen molar-refractivity contribution in [1.82, 2.24) is 4.90 Å². The molecule has 1 aromatic rings. The van der Waals surface area contributed by atoms with Crippen molar-refractivity contribution in [3.63, 3.8) is 0 Å². The SMILES string of the molecule is CCCOc1c(Cl)cc(CN2C[C@@H]3CCC[C@@]3(C(=O)O)C2)cc1OCC. The molecule has 1 aliphatic heterocycles. The Morgan fingerprint density at radius 3 is 2.85 bits per heavy atom. The number of fused-ring (bicyclic) bond motifs is 1. The summed E-state index contributed by atoms with van der Waals surface area (Å²) in [4.78, 5) is 14.1. The maximum absolute atomic E-state index is 11.9. The van der Waals surface area contributed by atoms with Gasteiger partial charge in [-0.2, -0.15) is 0 Å². The van der Waals surface area contributed by atoms with E-state index in [9.17, 15) is 9.90 Å². The first-order chi connectivity index (χ1) is 12.5. The molecule has 0 radical (unpaired) electrons. The standard InChI is InChI=1S/C20H28ClNO4/c1-3-8-26-18-16(21)9-14(10-17(18)25-4-2)11-22-12-15-6-5-7-20(15,13-22)19(23)24/h9-10,15H,3-8,11-13H2,1-2H3,(H,23,24)/t15-,20+/m0/s1. The summed E-state index contributed by atoms with van der Waals surface area (Å²) in [6, 6.07) is 3.89. The molecule has 0 bridgehead atoms. The van der Waals surface area contributed by atoms with Crippen LogP contribution in [-0.2, 0) is 11.3 Å². The van der Waals surface area contributed by atoms with Crippen LogP contribution in [0.25, 0.3) is 0 Å². The maximum Gasteiger partial charge on any atom is 0.311 e. The second-order valence-electron chi connectivity index (χ2n) is 7.41. The highest BCUT2D eigenvalue weighted by atomic mass is 35.5. The lowest BCUT2D eigenvalue weighted by atomic mass is 9.81. The molecule has 1 saturated heterocycles. The van der Waals surface area contributed by atoms with Crippen molar-refractivity contribution < 1.29 is 19.4 Å². The van der Waals surface area contributed by atoms with Crippen LogP contribution in [0, 0.1) is 11.3 Å². The second kappa shape index (κ2) is 8.05. The summed E-state index contributed by atoms with van der Waals surface area (Å²) in [5.74, 6) is 0.878. The van der Waals surface area contributed by atoms with Crippen LogP contribution in [0.3, 0.4) is 0 Å². The van der Waals surface area contributed by atoms with E-state index in [1.807, 2.05) is 26.0 Å². The average Bonchev–Trinajstić information content (AvgIpc) is 3.12. The average molecular weight is 382 g/mol. The molecule has 6 heteroatoms. The van der Waals surface area contributed by atoms with Gasteiger partial charge in [-0.25, -0.2) is 0 Å². The molecule has 3 rings (SSSR count). The third-order valence-electron chi connectivity index (χ3n) is 5.59. The highest BCUT2D eigenvalue weighted by Crippen LogP contribution is 2.49. The number of halogens is 1. The minimum Gasteiger partial charge on any atom is -0.490 e. The molecule has 0 unspecified atom stereocenters. The van der Waals surface area contributed by atoms with Crippen LogP contribution in [0.4, 0.5) is 0 Å². The van der Waals surface area contributed by atoms with E-state index in [-0.39, 0.29) is 5.92 Å². The number of carbonyl (C=O) groups is 1. The molecule has 5 nitrogen and oxygen atoms in total. The molecule has 1 heterocycles. The van der Waals surface area contributed by atoms with Crippen LogP contribution in [-0.4, -0.2) is 42.3 Å². The Morgan fingerprint density at radius 2 is 2.19 bits per heavy atom. The van der Waals surface area contributed by atoms with Crippen LogP contribution in [0.1, 0.15) is 45.1 Å². The van der Waals surface area contributed by atoms with Crippen molar-refractivity contribution in [2.75, 3.05) is 26.3 Å². The third kappa shape index (κ3) is 3.65. The molecule has 1 aromatic carbocycles. The summed E-state index contributed by atoms with van der Waals surface area (Å²) in [5, 5.41) is 10.3. The fourth-order valence-corrected chi connectivity index (χ4v) is 4.73.